The Kier molecular flexibility index (Phi) is 32.4. The van der Waals surface area contributed by atoms with Gasteiger partial charge in [0.2, 0.25) is 0 Å². The number of rotatable bonds is 21. The van der Waals surface area contributed by atoms with Crippen LogP contribution in [-0.2, 0) is 34.5 Å². The van der Waals surface area contributed by atoms with Crippen molar-refractivity contribution in [3.05, 3.63) is 137 Å². The van der Waals surface area contributed by atoms with Gasteiger partial charge in [-0.2, -0.15) is 0 Å². The standard InChI is InChI=1S/C57H70N2O10.C10H6.C9H8.C3H6O2.I3.2H2/c1-56(2,42-13-25-48(26-14-42)64-34-52-36-66-52)40-9-21-46(22-10-40)62-32-50-30-58(54(60)68-50)44-17-5-38(6-18-44)29-39-7-19-45(20-8-39)59-31-51(69-55(59)61)33-63-47-23-11-41(12-24-47)57(3,4)43-15-27-49(28-16-43)65-35-53-37-67-53;1-3-5-7-9-10-8-6-4-2;1-4-5-6-7-8-9(2)3;4-1-3-2-5-3;1-3-2;;/h9-16,21-28,38-39,44-45,50-53H,5-8,17-20,29-37H2,1-4H3;1,4,8H,2H3;1,9H,2-3H3;3-4H,1-2H2;;2*1H/q;;;;-1;;. The van der Waals surface area contributed by atoms with Crippen LogP contribution in [0.1, 0.15) is 131 Å². The molecule has 96 heavy (non-hydrogen) atoms. The molecule has 1 N–H and O–H groups in total. The molecule has 5 atom stereocenters. The second-order valence-electron chi connectivity index (χ2n) is 25.7. The van der Waals surface area contributed by atoms with Crippen molar-refractivity contribution in [2.45, 2.75) is 160 Å². The molecule has 17 heteroatoms. The minimum absolute atomic E-state index is 0. The zero-order valence-corrected chi connectivity index (χ0v) is 62.7. The number of carbonyl (C=O) groups excluding carboxylic acids is 2. The first-order valence-electron chi connectivity index (χ1n) is 32.9. The Morgan fingerprint density at radius 2 is 0.885 bits per heavy atom. The van der Waals surface area contributed by atoms with Gasteiger partial charge in [0.25, 0.3) is 0 Å². The van der Waals surface area contributed by atoms with Crippen LogP contribution in [0.15, 0.2) is 115 Å². The van der Waals surface area contributed by atoms with Crippen LogP contribution in [0.5, 0.6) is 23.0 Å². The average Bonchev–Trinajstić information content (AvgIpc) is 1.70. The van der Waals surface area contributed by atoms with Gasteiger partial charge < -0.3 is 57.5 Å². The molecule has 7 aliphatic rings. The third-order valence-corrected chi connectivity index (χ3v) is 17.6. The van der Waals surface area contributed by atoms with E-state index < -0.39 is 0 Å². The zero-order chi connectivity index (χ0) is 68.7. The number of carbonyl (C=O) groups is 2. The summed E-state index contributed by atoms with van der Waals surface area (Å²) in [5, 5.41) is 8.08. The summed E-state index contributed by atoms with van der Waals surface area (Å²) in [5.74, 6) is 29.7. The quantitative estimate of drug-likeness (QED) is 0.0365. The summed E-state index contributed by atoms with van der Waals surface area (Å²) in [6.07, 6.45) is 22.5. The predicted molar refractivity (Wildman–Crippen MR) is 393 cm³/mol. The molecule has 2 aliphatic carbocycles. The topological polar surface area (TPSA) is 154 Å². The van der Waals surface area contributed by atoms with E-state index in [1.807, 2.05) is 79.1 Å². The van der Waals surface area contributed by atoms with Gasteiger partial charge in [-0.1, -0.05) is 102 Å². The van der Waals surface area contributed by atoms with Crippen molar-refractivity contribution < 1.29 is 73.4 Å². The third-order valence-electron chi connectivity index (χ3n) is 17.6. The maximum Gasteiger partial charge on any atom is 0.104 e. The summed E-state index contributed by atoms with van der Waals surface area (Å²) in [6.45, 7) is 20.3. The van der Waals surface area contributed by atoms with Crippen LogP contribution < -0.4 is 32.2 Å². The van der Waals surface area contributed by atoms with E-state index in [0.717, 1.165) is 94.2 Å². The fourth-order valence-electron chi connectivity index (χ4n) is 11.7. The number of ether oxygens (including phenoxy) is 9. The summed E-state index contributed by atoms with van der Waals surface area (Å²) in [7, 11) is 0. The van der Waals surface area contributed by atoms with Gasteiger partial charge in [0, 0.05) is 37.8 Å². The molecule has 7 fully saturated rings. The van der Waals surface area contributed by atoms with Crippen LogP contribution >= 0.6 is 37.2 Å². The molecule has 0 radical (unpaired) electrons. The molecule has 514 valence electrons. The monoisotopic (exact) mass is 1640 g/mol. The molecule has 2 amide bonds. The minimum atomic E-state index is -0.288. The van der Waals surface area contributed by atoms with Crippen LogP contribution in [0.2, 0.25) is 0 Å². The molecule has 5 heterocycles. The van der Waals surface area contributed by atoms with E-state index in [4.69, 9.17) is 55.8 Å². The van der Waals surface area contributed by atoms with Crippen LogP contribution in [0.25, 0.3) is 0 Å². The van der Waals surface area contributed by atoms with Crippen molar-refractivity contribution in [1.29, 1.82) is 0 Å². The second kappa shape index (κ2) is 40.4. The average molecular weight is 1640 g/mol. The molecule has 0 spiro atoms. The summed E-state index contributed by atoms with van der Waals surface area (Å²) in [4.78, 5) is 30.0. The number of benzene rings is 4. The fourth-order valence-corrected chi connectivity index (χ4v) is 11.7. The van der Waals surface area contributed by atoms with Gasteiger partial charge >= 0.3 is 62.7 Å². The Hall–Kier alpha value is -6.47. The smallest absolute Gasteiger partial charge is 0.104 e. The number of hydrogen-bond acceptors (Lipinski definition) is 12. The normalized spacial score (nSPS) is 22.3. The van der Waals surface area contributed by atoms with Gasteiger partial charge in [0.1, 0.15) is 67.7 Å². The molecule has 4 aromatic rings. The molecular weight excluding hydrogens is 1550 g/mol. The van der Waals surface area contributed by atoms with Crippen LogP contribution in [0.3, 0.4) is 0 Å². The number of nitrogens with zero attached hydrogens (tertiary/aromatic N) is 2. The maximum absolute atomic E-state index is 13.1. The summed E-state index contributed by atoms with van der Waals surface area (Å²) in [6, 6.07) is 33.5. The van der Waals surface area contributed by atoms with E-state index in [2.05, 4.69) is 183 Å². The first-order chi connectivity index (χ1) is 46.5. The van der Waals surface area contributed by atoms with Crippen molar-refractivity contribution in [2.75, 3.05) is 65.9 Å². The van der Waals surface area contributed by atoms with Gasteiger partial charge in [0.15, 0.2) is 12.2 Å². The molecule has 2 saturated carbocycles. The largest absolute Gasteiger partial charge is 0.394 e. The van der Waals surface area contributed by atoms with Crippen molar-refractivity contribution in [2.24, 2.45) is 17.8 Å². The van der Waals surface area contributed by atoms with E-state index in [-0.39, 0.29) is 75.1 Å². The first-order valence-corrected chi connectivity index (χ1v) is 45.5. The van der Waals surface area contributed by atoms with E-state index in [9.17, 15) is 9.59 Å². The molecule has 11 rings (SSSR count). The predicted octanol–water partition coefficient (Wildman–Crippen LogP) is 11.8. The van der Waals surface area contributed by atoms with Crippen LogP contribution in [-0.4, -0.2) is 136 Å². The number of allylic oxidation sites excluding steroid dienone is 1. The van der Waals surface area contributed by atoms with Crippen LogP contribution in [0.4, 0.5) is 9.59 Å². The Labute approximate surface area is 603 Å². The molecule has 4 aromatic carbocycles. The molecule has 0 aromatic heterocycles. The van der Waals surface area contributed by atoms with Gasteiger partial charge in [-0.3, -0.25) is 0 Å². The van der Waals surface area contributed by atoms with Crippen molar-refractivity contribution in [3.8, 4) is 95.0 Å². The van der Waals surface area contributed by atoms with Crippen molar-refractivity contribution in [3.63, 3.8) is 0 Å². The first kappa shape index (κ1) is 76.9. The summed E-state index contributed by atoms with van der Waals surface area (Å²) >= 11 is 5.30. The number of terminal acetylenes is 2. The molecule has 5 aliphatic heterocycles. The van der Waals surface area contributed by atoms with Gasteiger partial charge in [-0.25, -0.2) is 9.59 Å². The van der Waals surface area contributed by atoms with E-state index in [1.165, 1.54) is 28.7 Å². The number of hydrogen-bond donors (Lipinski definition) is 1. The van der Waals surface area contributed by atoms with Crippen LogP contribution in [0, 0.1) is 89.8 Å². The summed E-state index contributed by atoms with van der Waals surface area (Å²) in [5.41, 5.74) is 7.16. The number of epoxide rings is 3. The molecule has 5 unspecified atom stereocenters. The van der Waals surface area contributed by atoms with E-state index >= 15 is 0 Å². The second-order valence-corrected chi connectivity index (χ2v) is 41.9. The molecule has 14 nitrogen and oxygen atoms in total. The van der Waals surface area contributed by atoms with Crippen molar-refractivity contribution in [1.82, 2.24) is 9.80 Å². The number of aliphatic hydroxyl groups is 1. The SMILES string of the molecule is C#CC#CC#CC(C)C.C#CC#CC#CC=C=CC.CC(C)(c1ccc(OCC2CO2)cc1)c1ccc(OCC2CN(C3CCC(CC4CCC(N5CC(COc6ccc(C(C)(C)c7ccc(OCC8CO8)cc7)cc6)OC5=O)CC4)CC3)C(=O)O2)cc1.I[I-]I.OCC1CO1.[HH].[HH]. The number of halogens is 3. The Bertz CT molecular complexity index is 3350. The third kappa shape index (κ3) is 26.4. The van der Waals surface area contributed by atoms with E-state index in [1.54, 1.807) is 12.2 Å². The van der Waals surface area contributed by atoms with Crippen molar-refractivity contribution >= 4 is 49.4 Å². The molecule has 5 saturated heterocycles. The Morgan fingerprint density at radius 1 is 0.552 bits per heavy atom. The molecular formula is C79H94I3N2O12-. The zero-order valence-electron chi connectivity index (χ0n) is 56.2. The minimum Gasteiger partial charge on any atom is -0.394 e. The Morgan fingerprint density at radius 3 is 1.18 bits per heavy atom. The van der Waals surface area contributed by atoms with Gasteiger partial charge in [-0.15, -0.1) is 18.6 Å². The number of cyclic esters (lactones) is 2. The Balaban J connectivity index is 0.000000503. The van der Waals surface area contributed by atoms with Gasteiger partial charge in [0.05, 0.1) is 39.5 Å². The fraction of sp³-hybridized carbons (Fsp3) is 0.481. The van der Waals surface area contributed by atoms with Gasteiger partial charge in [-0.05, 0) is 201 Å². The number of aliphatic hydroxyl groups excluding tert-OH is 1. The number of amides is 2. The van der Waals surface area contributed by atoms with E-state index in [0.29, 0.717) is 70.5 Å². The summed E-state index contributed by atoms with van der Waals surface area (Å²) < 4.78 is 50.7. The maximum atomic E-state index is 13.1. The molecule has 0 bridgehead atoms.